The lowest BCUT2D eigenvalue weighted by Gasteiger charge is -2.23. The van der Waals surface area contributed by atoms with E-state index in [1.54, 1.807) is 35.2 Å². The first-order valence-electron chi connectivity index (χ1n) is 8.72. The molecule has 0 saturated carbocycles. The van der Waals surface area contributed by atoms with E-state index < -0.39 is 5.41 Å². The third kappa shape index (κ3) is 2.18. The Morgan fingerprint density at radius 2 is 1.81 bits per heavy atom. The Bertz CT molecular complexity index is 1060. The Morgan fingerprint density at radius 3 is 2.63 bits per heavy atom. The zero-order valence-electron chi connectivity index (χ0n) is 14.4. The second-order valence-electron chi connectivity index (χ2n) is 6.91. The lowest BCUT2D eigenvalue weighted by atomic mass is 9.77. The quantitative estimate of drug-likeness (QED) is 0.756. The molecule has 1 amide bonds. The molecule has 3 aromatic carbocycles. The van der Waals surface area contributed by atoms with Crippen LogP contribution >= 0.6 is 0 Å². The molecule has 1 spiro atoms. The highest BCUT2D eigenvalue weighted by atomic mass is 19.1. The third-order valence-corrected chi connectivity index (χ3v) is 5.39. The molecule has 2 aliphatic heterocycles. The molecule has 0 bridgehead atoms. The van der Waals surface area contributed by atoms with Crippen LogP contribution < -0.4 is 9.64 Å². The molecule has 5 heteroatoms. The van der Waals surface area contributed by atoms with Crippen molar-refractivity contribution in [3.8, 4) is 11.5 Å². The van der Waals surface area contributed by atoms with Crippen LogP contribution in [0, 0.1) is 5.82 Å². The molecule has 1 atom stereocenters. The Kier molecular flexibility index (Phi) is 3.28. The summed E-state index contributed by atoms with van der Waals surface area (Å²) >= 11 is 0. The molecule has 27 heavy (non-hydrogen) atoms. The normalized spacial score (nSPS) is 19.9. The molecule has 0 fully saturated rings. The minimum atomic E-state index is -0.917. The van der Waals surface area contributed by atoms with E-state index in [4.69, 9.17) is 4.74 Å². The number of phenols is 1. The number of ether oxygens (including phenoxy) is 1. The maximum Gasteiger partial charge on any atom is 0.246 e. The second-order valence-corrected chi connectivity index (χ2v) is 6.91. The van der Waals surface area contributed by atoms with E-state index in [0.717, 1.165) is 22.4 Å². The number of carbonyl (C=O) groups excluding carboxylic acids is 1. The van der Waals surface area contributed by atoms with Crippen molar-refractivity contribution in [1.29, 1.82) is 0 Å². The van der Waals surface area contributed by atoms with E-state index >= 15 is 0 Å². The van der Waals surface area contributed by atoms with Gasteiger partial charge < -0.3 is 14.7 Å². The van der Waals surface area contributed by atoms with Crippen LogP contribution in [0.4, 0.5) is 10.1 Å². The van der Waals surface area contributed by atoms with Crippen LogP contribution in [-0.2, 0) is 16.8 Å². The first-order valence-corrected chi connectivity index (χ1v) is 8.72. The van der Waals surface area contributed by atoms with E-state index in [2.05, 4.69) is 0 Å². The minimum absolute atomic E-state index is 0.0718. The SMILES string of the molecule is O=C1N(Cc2ccc(F)cc2)c2ccccc2C12COc1cc(O)ccc12. The molecule has 1 unspecified atom stereocenters. The van der Waals surface area contributed by atoms with Crippen molar-refractivity contribution in [3.63, 3.8) is 0 Å². The van der Waals surface area contributed by atoms with E-state index in [1.807, 2.05) is 24.3 Å². The summed E-state index contributed by atoms with van der Waals surface area (Å²) in [5.74, 6) is 0.258. The van der Waals surface area contributed by atoms with Crippen molar-refractivity contribution >= 4 is 11.6 Å². The van der Waals surface area contributed by atoms with Gasteiger partial charge in [-0.25, -0.2) is 4.39 Å². The fourth-order valence-electron chi connectivity index (χ4n) is 4.10. The topological polar surface area (TPSA) is 49.8 Å². The third-order valence-electron chi connectivity index (χ3n) is 5.39. The van der Waals surface area contributed by atoms with Crippen molar-refractivity contribution < 1.29 is 19.0 Å². The standard InChI is InChI=1S/C22H16FNO3/c23-15-7-5-14(6-8-15)12-24-19-4-2-1-3-17(19)22(21(24)26)13-27-20-11-16(25)9-10-18(20)22/h1-11,25H,12-13H2. The number of hydrogen-bond donors (Lipinski definition) is 1. The van der Waals surface area contributed by atoms with Crippen LogP contribution in [0.1, 0.15) is 16.7 Å². The van der Waals surface area contributed by atoms with Gasteiger partial charge in [0, 0.05) is 17.3 Å². The van der Waals surface area contributed by atoms with Gasteiger partial charge in [-0.15, -0.1) is 0 Å². The predicted molar refractivity (Wildman–Crippen MR) is 98.4 cm³/mol. The minimum Gasteiger partial charge on any atom is -0.508 e. The fraction of sp³-hybridized carbons (Fsp3) is 0.136. The molecule has 1 N–H and O–H groups in total. The highest BCUT2D eigenvalue weighted by Crippen LogP contribution is 2.53. The lowest BCUT2D eigenvalue weighted by molar-refractivity contribution is -0.122. The Balaban J connectivity index is 1.64. The average Bonchev–Trinajstić information content (AvgIpc) is 3.16. The zero-order chi connectivity index (χ0) is 18.6. The molecule has 2 heterocycles. The Hall–Kier alpha value is -3.34. The molecular weight excluding hydrogens is 345 g/mol. The number of hydrogen-bond acceptors (Lipinski definition) is 3. The van der Waals surface area contributed by atoms with Crippen molar-refractivity contribution in [2.24, 2.45) is 0 Å². The molecule has 0 aliphatic carbocycles. The first-order chi connectivity index (χ1) is 13.1. The number of phenolic OH excluding ortho intramolecular Hbond substituents is 1. The van der Waals surface area contributed by atoms with Crippen LogP contribution in [0.2, 0.25) is 0 Å². The van der Waals surface area contributed by atoms with Gasteiger partial charge in [-0.05, 0) is 35.4 Å². The first kappa shape index (κ1) is 15.9. The number of amides is 1. The van der Waals surface area contributed by atoms with E-state index in [-0.39, 0.29) is 24.1 Å². The number of benzene rings is 3. The number of nitrogens with zero attached hydrogens (tertiary/aromatic N) is 1. The van der Waals surface area contributed by atoms with Crippen molar-refractivity contribution in [2.45, 2.75) is 12.0 Å². The van der Waals surface area contributed by atoms with Crippen LogP contribution in [0.5, 0.6) is 11.5 Å². The molecule has 5 rings (SSSR count). The molecule has 0 aromatic heterocycles. The van der Waals surface area contributed by atoms with Crippen LogP contribution in [0.25, 0.3) is 0 Å². The number of rotatable bonds is 2. The number of anilines is 1. The van der Waals surface area contributed by atoms with Gasteiger partial charge in [0.25, 0.3) is 0 Å². The summed E-state index contributed by atoms with van der Waals surface area (Å²) in [6, 6.07) is 18.7. The fourth-order valence-corrected chi connectivity index (χ4v) is 4.10. The summed E-state index contributed by atoms with van der Waals surface area (Å²) in [6.45, 7) is 0.548. The Labute approximate surface area is 155 Å². The average molecular weight is 361 g/mol. The highest BCUT2D eigenvalue weighted by Gasteiger charge is 2.56. The molecular formula is C22H16FNO3. The van der Waals surface area contributed by atoms with Gasteiger partial charge in [0.15, 0.2) is 0 Å². The van der Waals surface area contributed by atoms with Crippen LogP contribution in [-0.4, -0.2) is 17.6 Å². The van der Waals surface area contributed by atoms with Crippen molar-refractivity contribution in [2.75, 3.05) is 11.5 Å². The molecule has 4 nitrogen and oxygen atoms in total. The van der Waals surface area contributed by atoms with Gasteiger partial charge in [-0.1, -0.05) is 36.4 Å². The summed E-state index contributed by atoms with van der Waals surface area (Å²) < 4.78 is 19.0. The van der Waals surface area contributed by atoms with E-state index in [0.29, 0.717) is 12.3 Å². The molecule has 3 aromatic rings. The molecule has 2 aliphatic rings. The van der Waals surface area contributed by atoms with E-state index in [1.165, 1.54) is 12.1 Å². The number of para-hydroxylation sites is 1. The summed E-state index contributed by atoms with van der Waals surface area (Å²) in [5.41, 5.74) is 2.42. The molecule has 0 saturated heterocycles. The summed E-state index contributed by atoms with van der Waals surface area (Å²) in [6.07, 6.45) is 0. The van der Waals surface area contributed by atoms with Crippen LogP contribution in [0.15, 0.2) is 66.7 Å². The summed E-state index contributed by atoms with van der Waals surface area (Å²) in [4.78, 5) is 15.3. The monoisotopic (exact) mass is 361 g/mol. The largest absolute Gasteiger partial charge is 0.508 e. The maximum atomic E-state index is 13.6. The molecule has 134 valence electrons. The van der Waals surface area contributed by atoms with Crippen molar-refractivity contribution in [3.05, 3.63) is 89.2 Å². The number of halogens is 1. The van der Waals surface area contributed by atoms with Gasteiger partial charge in [-0.2, -0.15) is 0 Å². The number of carbonyl (C=O) groups is 1. The van der Waals surface area contributed by atoms with Gasteiger partial charge >= 0.3 is 0 Å². The summed E-state index contributed by atoms with van der Waals surface area (Å²) in [7, 11) is 0. The Morgan fingerprint density at radius 1 is 1.04 bits per heavy atom. The maximum absolute atomic E-state index is 13.6. The number of aromatic hydroxyl groups is 1. The second kappa shape index (κ2) is 5.58. The predicted octanol–water partition coefficient (Wildman–Crippen LogP) is 3.76. The van der Waals surface area contributed by atoms with E-state index in [9.17, 15) is 14.3 Å². The zero-order valence-corrected chi connectivity index (χ0v) is 14.4. The number of fused-ring (bicyclic) bond motifs is 4. The highest BCUT2D eigenvalue weighted by molar-refractivity contribution is 6.11. The van der Waals surface area contributed by atoms with Crippen molar-refractivity contribution in [1.82, 2.24) is 0 Å². The molecule has 0 radical (unpaired) electrons. The summed E-state index contributed by atoms with van der Waals surface area (Å²) in [5, 5.41) is 9.75. The van der Waals surface area contributed by atoms with Gasteiger partial charge in [0.1, 0.15) is 29.3 Å². The smallest absolute Gasteiger partial charge is 0.246 e. The van der Waals surface area contributed by atoms with Gasteiger partial charge in [0.2, 0.25) is 5.91 Å². The lowest BCUT2D eigenvalue weighted by Crippen LogP contribution is -2.42. The van der Waals surface area contributed by atoms with Crippen LogP contribution in [0.3, 0.4) is 0 Å². The van der Waals surface area contributed by atoms with Gasteiger partial charge in [0.05, 0.1) is 6.54 Å². The van der Waals surface area contributed by atoms with Gasteiger partial charge in [-0.3, -0.25) is 4.79 Å².